The number of guanidine groups is 1. The monoisotopic (exact) mass is 360 g/mol. The predicted molar refractivity (Wildman–Crippen MR) is 99.3 cm³/mol. The van der Waals surface area contributed by atoms with Crippen molar-refractivity contribution < 1.29 is 4.39 Å². The molecule has 8 heteroatoms. The molecule has 2 heterocycles. The number of aliphatic imine (C=N–C) groups is 1. The van der Waals surface area contributed by atoms with Gasteiger partial charge in [-0.2, -0.15) is 0 Å². The third kappa shape index (κ3) is 4.39. The van der Waals surface area contributed by atoms with E-state index in [-0.39, 0.29) is 5.82 Å². The molecule has 0 spiro atoms. The molecular formula is C17H21FN6S. The first-order valence-corrected chi connectivity index (χ1v) is 9.29. The van der Waals surface area contributed by atoms with Crippen molar-refractivity contribution in [2.75, 3.05) is 37.3 Å². The van der Waals surface area contributed by atoms with Crippen LogP contribution in [0.15, 0.2) is 46.5 Å². The van der Waals surface area contributed by atoms with E-state index in [4.69, 9.17) is 5.73 Å². The van der Waals surface area contributed by atoms with Gasteiger partial charge in [-0.3, -0.25) is 0 Å². The summed E-state index contributed by atoms with van der Waals surface area (Å²) in [6, 6.07) is 6.57. The SMILES string of the molecule is CSc1ccc(F)cc1CN=C(N)N1CCN(c2ncccn2)CC1. The average molecular weight is 360 g/mol. The highest BCUT2D eigenvalue weighted by Crippen LogP contribution is 2.22. The lowest BCUT2D eigenvalue weighted by atomic mass is 10.2. The molecule has 0 unspecified atom stereocenters. The number of anilines is 1. The fraction of sp³-hybridized carbons (Fsp3) is 0.353. The summed E-state index contributed by atoms with van der Waals surface area (Å²) in [7, 11) is 0. The van der Waals surface area contributed by atoms with Gasteiger partial charge in [0.25, 0.3) is 0 Å². The van der Waals surface area contributed by atoms with E-state index in [1.165, 1.54) is 12.1 Å². The van der Waals surface area contributed by atoms with Crippen molar-refractivity contribution in [2.24, 2.45) is 10.7 Å². The van der Waals surface area contributed by atoms with Crippen LogP contribution >= 0.6 is 11.8 Å². The fourth-order valence-electron chi connectivity index (χ4n) is 2.73. The van der Waals surface area contributed by atoms with Crippen molar-refractivity contribution >= 4 is 23.7 Å². The highest BCUT2D eigenvalue weighted by Gasteiger charge is 2.19. The average Bonchev–Trinajstić information content (AvgIpc) is 2.67. The highest BCUT2D eigenvalue weighted by atomic mass is 32.2. The van der Waals surface area contributed by atoms with Crippen molar-refractivity contribution in [1.29, 1.82) is 0 Å². The van der Waals surface area contributed by atoms with Gasteiger partial charge in [0.1, 0.15) is 5.82 Å². The molecular weight excluding hydrogens is 339 g/mol. The lowest BCUT2D eigenvalue weighted by Gasteiger charge is -2.35. The van der Waals surface area contributed by atoms with Crippen molar-refractivity contribution in [2.45, 2.75) is 11.4 Å². The van der Waals surface area contributed by atoms with E-state index in [9.17, 15) is 4.39 Å². The zero-order valence-corrected chi connectivity index (χ0v) is 14.9. The number of piperazine rings is 1. The molecule has 1 saturated heterocycles. The molecule has 0 atom stereocenters. The Morgan fingerprint density at radius 1 is 1.24 bits per heavy atom. The van der Waals surface area contributed by atoms with Crippen molar-refractivity contribution in [3.05, 3.63) is 48.0 Å². The zero-order chi connectivity index (χ0) is 17.6. The van der Waals surface area contributed by atoms with Gasteiger partial charge in [-0.1, -0.05) is 0 Å². The molecule has 1 aromatic carbocycles. The number of thioether (sulfide) groups is 1. The van der Waals surface area contributed by atoms with Gasteiger partial charge in [0, 0.05) is 43.5 Å². The van der Waals surface area contributed by atoms with E-state index in [0.717, 1.165) is 42.6 Å². The molecule has 1 aromatic heterocycles. The number of aromatic nitrogens is 2. The van der Waals surface area contributed by atoms with E-state index >= 15 is 0 Å². The maximum Gasteiger partial charge on any atom is 0.225 e. The first kappa shape index (κ1) is 17.5. The normalized spacial score (nSPS) is 15.5. The van der Waals surface area contributed by atoms with Crippen LogP contribution in [0.2, 0.25) is 0 Å². The Labute approximate surface area is 151 Å². The summed E-state index contributed by atoms with van der Waals surface area (Å²) < 4.78 is 13.5. The van der Waals surface area contributed by atoms with E-state index in [2.05, 4.69) is 19.9 Å². The standard InChI is InChI=1S/C17H21FN6S/c1-25-15-4-3-14(18)11-13(15)12-22-16(19)23-7-9-24(10-8-23)17-20-5-2-6-21-17/h2-6,11H,7-10,12H2,1H3,(H2,19,22). The lowest BCUT2D eigenvalue weighted by Crippen LogP contribution is -2.51. The predicted octanol–water partition coefficient (Wildman–Crippen LogP) is 1.97. The molecule has 2 N–H and O–H groups in total. The number of hydrogen-bond acceptors (Lipinski definition) is 5. The summed E-state index contributed by atoms with van der Waals surface area (Å²) in [4.78, 5) is 18.2. The molecule has 0 aliphatic carbocycles. The summed E-state index contributed by atoms with van der Waals surface area (Å²) in [5.74, 6) is 0.977. The molecule has 1 fully saturated rings. The minimum atomic E-state index is -0.252. The Balaban J connectivity index is 1.60. The van der Waals surface area contributed by atoms with Gasteiger partial charge in [0.2, 0.25) is 5.95 Å². The maximum absolute atomic E-state index is 13.5. The third-order valence-corrected chi connectivity index (χ3v) is 4.93. The summed E-state index contributed by atoms with van der Waals surface area (Å²) >= 11 is 1.58. The van der Waals surface area contributed by atoms with Crippen LogP contribution in [-0.2, 0) is 6.54 Å². The number of halogens is 1. The van der Waals surface area contributed by atoms with Crippen LogP contribution < -0.4 is 10.6 Å². The van der Waals surface area contributed by atoms with Crippen LogP contribution in [0.5, 0.6) is 0 Å². The fourth-order valence-corrected chi connectivity index (χ4v) is 3.32. The molecule has 0 saturated carbocycles. The van der Waals surface area contributed by atoms with Crippen LogP contribution in [0.4, 0.5) is 10.3 Å². The number of rotatable bonds is 4. The van der Waals surface area contributed by atoms with E-state index in [1.54, 1.807) is 36.3 Å². The second-order valence-electron chi connectivity index (χ2n) is 5.65. The molecule has 2 aromatic rings. The van der Waals surface area contributed by atoms with Crippen LogP contribution in [-0.4, -0.2) is 53.3 Å². The van der Waals surface area contributed by atoms with Gasteiger partial charge in [-0.15, -0.1) is 11.8 Å². The van der Waals surface area contributed by atoms with Crippen molar-refractivity contribution in [3.63, 3.8) is 0 Å². The first-order chi connectivity index (χ1) is 12.2. The molecule has 25 heavy (non-hydrogen) atoms. The van der Waals surface area contributed by atoms with Gasteiger partial charge >= 0.3 is 0 Å². The van der Waals surface area contributed by atoms with Gasteiger partial charge in [0.05, 0.1) is 6.54 Å². The molecule has 6 nitrogen and oxygen atoms in total. The minimum absolute atomic E-state index is 0.252. The van der Waals surface area contributed by atoms with Gasteiger partial charge in [0.15, 0.2) is 5.96 Å². The number of hydrogen-bond donors (Lipinski definition) is 1. The molecule has 3 rings (SSSR count). The van der Waals surface area contributed by atoms with E-state index in [1.807, 2.05) is 11.2 Å². The van der Waals surface area contributed by atoms with E-state index < -0.39 is 0 Å². The minimum Gasteiger partial charge on any atom is -0.370 e. The largest absolute Gasteiger partial charge is 0.370 e. The van der Waals surface area contributed by atoms with Crippen LogP contribution in [0.1, 0.15) is 5.56 Å². The third-order valence-electron chi connectivity index (χ3n) is 4.09. The Kier molecular flexibility index (Phi) is 5.70. The maximum atomic E-state index is 13.5. The van der Waals surface area contributed by atoms with Crippen LogP contribution in [0.25, 0.3) is 0 Å². The summed E-state index contributed by atoms with van der Waals surface area (Å²) in [6.07, 6.45) is 5.45. The quantitative estimate of drug-likeness (QED) is 0.511. The van der Waals surface area contributed by atoms with Crippen LogP contribution in [0.3, 0.4) is 0 Å². The van der Waals surface area contributed by atoms with E-state index in [0.29, 0.717) is 12.5 Å². The molecule has 1 aliphatic rings. The molecule has 0 amide bonds. The summed E-state index contributed by atoms with van der Waals surface area (Å²) in [5.41, 5.74) is 6.99. The Morgan fingerprint density at radius 3 is 2.64 bits per heavy atom. The Hall–Kier alpha value is -2.35. The van der Waals surface area contributed by atoms with Gasteiger partial charge in [-0.05, 0) is 36.1 Å². The molecule has 0 bridgehead atoms. The molecule has 1 aliphatic heterocycles. The molecule has 0 radical (unpaired) electrons. The number of nitrogens with zero attached hydrogens (tertiary/aromatic N) is 5. The smallest absolute Gasteiger partial charge is 0.225 e. The second kappa shape index (κ2) is 8.15. The number of benzene rings is 1. The summed E-state index contributed by atoms with van der Waals surface area (Å²) in [5, 5.41) is 0. The van der Waals surface area contributed by atoms with Crippen LogP contribution in [0, 0.1) is 5.82 Å². The first-order valence-electron chi connectivity index (χ1n) is 8.06. The van der Waals surface area contributed by atoms with Crippen molar-refractivity contribution in [3.8, 4) is 0 Å². The Morgan fingerprint density at radius 2 is 1.96 bits per heavy atom. The van der Waals surface area contributed by atoms with Gasteiger partial charge in [-0.25, -0.2) is 19.4 Å². The zero-order valence-electron chi connectivity index (χ0n) is 14.1. The molecule has 132 valence electrons. The topological polar surface area (TPSA) is 70.6 Å². The lowest BCUT2D eigenvalue weighted by molar-refractivity contribution is 0.378. The Bertz CT molecular complexity index is 731. The van der Waals surface area contributed by atoms with Crippen molar-refractivity contribution in [1.82, 2.24) is 14.9 Å². The highest BCUT2D eigenvalue weighted by molar-refractivity contribution is 7.98. The summed E-state index contributed by atoms with van der Waals surface area (Å²) in [6.45, 7) is 3.46. The number of nitrogens with two attached hydrogens (primary N) is 1. The second-order valence-corrected chi connectivity index (χ2v) is 6.50. The van der Waals surface area contributed by atoms with Gasteiger partial charge < -0.3 is 15.5 Å².